The number of fused-ring (bicyclic) bond motifs is 2. The molecule has 4 aliphatic heterocycles. The minimum atomic E-state index is -4.25. The molecule has 246 valence electrons. The third-order valence-corrected chi connectivity index (χ3v) is 8.13. The molecule has 0 aromatic carbocycles. The molecule has 19 nitrogen and oxygen atoms in total. The van der Waals surface area contributed by atoms with Crippen LogP contribution in [0.25, 0.3) is 12.2 Å². The van der Waals surface area contributed by atoms with Crippen molar-refractivity contribution < 1.29 is 43.0 Å². The molecule has 2 aromatic heterocycles. The highest BCUT2D eigenvalue weighted by Crippen LogP contribution is 2.46. The Hall–Kier alpha value is -2.48. The zero-order valence-electron chi connectivity index (χ0n) is 24.2. The van der Waals surface area contributed by atoms with Crippen molar-refractivity contribution in [1.82, 2.24) is 19.1 Å². The molecule has 7 atom stereocenters. The first-order valence-electron chi connectivity index (χ1n) is 14.1. The second-order valence-electron chi connectivity index (χ2n) is 10.7. The maximum atomic E-state index is 8.89. The molecule has 6 heterocycles. The van der Waals surface area contributed by atoms with Gasteiger partial charge in [0.15, 0.2) is 11.0 Å². The van der Waals surface area contributed by atoms with Gasteiger partial charge in [0.05, 0.1) is 31.5 Å². The first kappa shape index (κ1) is 33.9. The highest BCUT2D eigenvalue weighted by molar-refractivity contribution is 7.53. The van der Waals surface area contributed by atoms with E-state index in [4.69, 9.17) is 49.9 Å². The molecule has 6 rings (SSSR count). The second-order valence-corrected chi connectivity index (χ2v) is 12.7. The summed E-state index contributed by atoms with van der Waals surface area (Å²) in [5.74, 6) is 0.120. The monoisotopic (exact) mass is 671 g/mol. The Morgan fingerprint density at radius 1 is 0.911 bits per heavy atom. The van der Waals surface area contributed by atoms with Crippen LogP contribution in [-0.4, -0.2) is 94.0 Å². The summed E-state index contributed by atoms with van der Waals surface area (Å²) in [6, 6.07) is 0. The fourth-order valence-electron chi connectivity index (χ4n) is 5.28. The van der Waals surface area contributed by atoms with Crippen molar-refractivity contribution in [3.05, 3.63) is 34.3 Å². The van der Waals surface area contributed by atoms with Crippen LogP contribution in [0.4, 0.5) is 0 Å². The molecule has 0 aliphatic carbocycles. The lowest BCUT2D eigenvalue weighted by molar-refractivity contribution is -0.105. The standard InChI is InChI=1S/C12H19N5O5P.C12H18N5O4P/c1-7-2-8(4-21-23(18,19)20)22-12(7)17-6-16-9-3-10(13)14-5-15-11(9)17;13-10-4-9-12(15-6-14-10)17(7-16-9)11-3-1-2-8(21-11)5-20-22(18)19/h3,5-8,10,12,18-20H,2,4,13H2,1H3;4,6-8,10-11,18-19H,1-3,5,13H2/q+1;/t7?,8-,10?,12+;8-,10?,11+/m00/s1. The SMILES string of the molecule is CC1C[C@@H](CO[P+](O)(O)O)O[C@H]1n1cnc2c1=NC=NC(N)C=2.NC1C=c2ncn([C@H]3CCC[C@@H](COP(O)O)O3)c2=NC=N1. The molecule has 3 unspecified atom stereocenters. The molecule has 2 fully saturated rings. The Morgan fingerprint density at radius 3 is 2.16 bits per heavy atom. The van der Waals surface area contributed by atoms with Gasteiger partial charge >= 0.3 is 16.8 Å². The molecular weight excluding hydrogens is 634 g/mol. The summed E-state index contributed by atoms with van der Waals surface area (Å²) in [6.07, 6.45) is 10.8. The van der Waals surface area contributed by atoms with Crippen LogP contribution in [0.3, 0.4) is 0 Å². The lowest BCUT2D eigenvalue weighted by Crippen LogP contribution is -2.37. The summed E-state index contributed by atoms with van der Waals surface area (Å²) < 4.78 is 25.0. The molecule has 45 heavy (non-hydrogen) atoms. The summed E-state index contributed by atoms with van der Waals surface area (Å²) in [5, 5.41) is 1.32. The summed E-state index contributed by atoms with van der Waals surface area (Å²) in [6.45, 7) is 2.04. The minimum Gasteiger partial charge on any atom is -0.352 e. The molecule has 0 bridgehead atoms. The van der Waals surface area contributed by atoms with Crippen LogP contribution in [0.2, 0.25) is 0 Å². The quantitative estimate of drug-likeness (QED) is 0.139. The third-order valence-electron chi connectivity index (χ3n) is 7.26. The van der Waals surface area contributed by atoms with Gasteiger partial charge in [-0.05, 0) is 37.8 Å². The van der Waals surface area contributed by atoms with Gasteiger partial charge in [-0.2, -0.15) is 19.2 Å². The van der Waals surface area contributed by atoms with Crippen molar-refractivity contribution in [2.24, 2.45) is 37.4 Å². The smallest absolute Gasteiger partial charge is 0.352 e. The van der Waals surface area contributed by atoms with Crippen molar-refractivity contribution >= 4 is 41.6 Å². The van der Waals surface area contributed by atoms with Crippen molar-refractivity contribution in [2.45, 2.75) is 69.6 Å². The van der Waals surface area contributed by atoms with Gasteiger partial charge in [0.25, 0.3) is 0 Å². The van der Waals surface area contributed by atoms with E-state index in [-0.39, 0.29) is 43.8 Å². The van der Waals surface area contributed by atoms with Crippen LogP contribution in [0.15, 0.2) is 32.6 Å². The van der Waals surface area contributed by atoms with E-state index < -0.39 is 29.1 Å². The number of aliphatic imine (C=N–C) groups is 2. The number of hydrogen-bond acceptors (Lipinski definition) is 17. The maximum Gasteiger partial charge on any atom is 0.567 e. The van der Waals surface area contributed by atoms with Crippen molar-refractivity contribution in [3.63, 3.8) is 0 Å². The zero-order chi connectivity index (χ0) is 32.1. The number of imidazole rings is 2. The van der Waals surface area contributed by atoms with Crippen LogP contribution in [0, 0.1) is 5.92 Å². The molecule has 2 saturated heterocycles. The summed E-state index contributed by atoms with van der Waals surface area (Å²) in [5.41, 5.74) is 12.8. The molecule has 9 N–H and O–H groups in total. The number of nitrogens with two attached hydrogens (primary N) is 2. The van der Waals surface area contributed by atoms with E-state index in [0.29, 0.717) is 28.1 Å². The van der Waals surface area contributed by atoms with E-state index >= 15 is 0 Å². The number of nitrogens with zero attached hydrogens (tertiary/aromatic N) is 8. The van der Waals surface area contributed by atoms with Crippen LogP contribution >= 0.6 is 16.8 Å². The second kappa shape index (κ2) is 15.0. The molecule has 2 aromatic rings. The lowest BCUT2D eigenvalue weighted by Gasteiger charge is -2.30. The van der Waals surface area contributed by atoms with Crippen LogP contribution in [0.1, 0.15) is 45.1 Å². The Kier molecular flexibility index (Phi) is 11.3. The van der Waals surface area contributed by atoms with Crippen LogP contribution in [-0.2, 0) is 18.5 Å². The van der Waals surface area contributed by atoms with Crippen molar-refractivity contribution in [2.75, 3.05) is 13.2 Å². The first-order valence-corrected chi connectivity index (χ1v) is 16.8. The Labute approximate surface area is 258 Å². The molecule has 21 heteroatoms. The topological polar surface area (TPSA) is 275 Å². The maximum absolute atomic E-state index is 8.89. The predicted octanol–water partition coefficient (Wildman–Crippen LogP) is -2.89. The van der Waals surface area contributed by atoms with E-state index in [9.17, 15) is 0 Å². The van der Waals surface area contributed by atoms with E-state index in [1.165, 1.54) is 12.7 Å². The zero-order valence-corrected chi connectivity index (χ0v) is 26.0. The van der Waals surface area contributed by atoms with Gasteiger partial charge in [-0.3, -0.25) is 19.1 Å². The van der Waals surface area contributed by atoms with E-state index in [2.05, 4.69) is 34.5 Å². The average molecular weight is 672 g/mol. The van der Waals surface area contributed by atoms with E-state index in [1.54, 1.807) is 29.4 Å². The molecule has 0 saturated carbocycles. The van der Waals surface area contributed by atoms with Crippen molar-refractivity contribution in [1.29, 1.82) is 0 Å². The normalized spacial score (nSPS) is 29.2. The summed E-state index contributed by atoms with van der Waals surface area (Å²) in [7, 11) is -6.61. The van der Waals surface area contributed by atoms with Gasteiger partial charge in [-0.15, -0.1) is 0 Å². The van der Waals surface area contributed by atoms with Crippen molar-refractivity contribution in [3.8, 4) is 0 Å². The Balaban J connectivity index is 0.000000178. The minimum absolute atomic E-state index is 0.107. The average Bonchev–Trinajstić information content (AvgIpc) is 3.59. The Bertz CT molecular complexity index is 1610. The first-order chi connectivity index (χ1) is 21.5. The molecule has 0 amide bonds. The third kappa shape index (κ3) is 9.08. The fourth-order valence-corrected chi connectivity index (χ4v) is 5.94. The number of aromatic nitrogens is 4. The predicted molar refractivity (Wildman–Crippen MR) is 160 cm³/mol. The van der Waals surface area contributed by atoms with Gasteiger partial charge in [0.1, 0.15) is 54.8 Å². The molecule has 0 spiro atoms. The number of rotatable bonds is 8. The van der Waals surface area contributed by atoms with Crippen LogP contribution < -0.4 is 33.1 Å². The van der Waals surface area contributed by atoms with Gasteiger partial charge in [0.2, 0.25) is 0 Å². The molecular formula is C24H37N10O9P2+. The van der Waals surface area contributed by atoms with Gasteiger partial charge in [-0.1, -0.05) is 6.92 Å². The molecule has 4 aliphatic rings. The fraction of sp³-hybridized carbons (Fsp3) is 0.583. The van der Waals surface area contributed by atoms with Crippen LogP contribution in [0.5, 0.6) is 0 Å². The van der Waals surface area contributed by atoms with Gasteiger partial charge in [0, 0.05) is 5.92 Å². The molecule has 0 radical (unpaired) electrons. The summed E-state index contributed by atoms with van der Waals surface area (Å²) >= 11 is 0. The number of ether oxygens (including phenoxy) is 2. The largest absolute Gasteiger partial charge is 0.567 e. The highest BCUT2D eigenvalue weighted by atomic mass is 31.2. The number of hydrogen-bond donors (Lipinski definition) is 7. The Morgan fingerprint density at radius 2 is 1.53 bits per heavy atom. The summed E-state index contributed by atoms with van der Waals surface area (Å²) in [4.78, 5) is 69.5. The van der Waals surface area contributed by atoms with E-state index in [1.807, 2.05) is 11.5 Å². The van der Waals surface area contributed by atoms with E-state index in [0.717, 1.165) is 19.3 Å². The van der Waals surface area contributed by atoms with Gasteiger partial charge in [-0.25, -0.2) is 20.0 Å². The van der Waals surface area contributed by atoms with Gasteiger partial charge < -0.3 is 35.3 Å². The highest BCUT2D eigenvalue weighted by Gasteiger charge is 2.39. The lowest BCUT2D eigenvalue weighted by atomic mass is 10.1.